The van der Waals surface area contributed by atoms with Crippen LogP contribution < -0.4 is 10.1 Å². The number of hydrogen-bond donors (Lipinski definition) is 1. The largest absolute Gasteiger partial charge is 0.480 e. The molecule has 1 atom stereocenters. The Balaban J connectivity index is 1.64. The smallest absolute Gasteiger partial charge is 0.263 e. The molecule has 0 unspecified atom stereocenters. The summed E-state index contributed by atoms with van der Waals surface area (Å²) in [6.45, 7) is 3.75. The van der Waals surface area contributed by atoms with E-state index < -0.39 is 6.10 Å². The van der Waals surface area contributed by atoms with E-state index in [1.54, 1.807) is 31.2 Å². The number of hydrogen-bond acceptors (Lipinski definition) is 3. The van der Waals surface area contributed by atoms with Gasteiger partial charge in [-0.25, -0.2) is 0 Å². The average molecular weight is 366 g/mol. The van der Waals surface area contributed by atoms with E-state index in [0.29, 0.717) is 17.9 Å². The van der Waals surface area contributed by atoms with E-state index in [1.165, 1.54) is 6.42 Å². The number of ether oxygens (including phenoxy) is 1. The molecule has 0 spiro atoms. The number of likely N-dealkylation sites (tertiary alicyclic amines) is 1. The van der Waals surface area contributed by atoms with Gasteiger partial charge in [0.1, 0.15) is 5.75 Å². The summed E-state index contributed by atoms with van der Waals surface area (Å²) < 4.78 is 5.88. The van der Waals surface area contributed by atoms with Gasteiger partial charge in [0.05, 0.1) is 5.56 Å². The van der Waals surface area contributed by atoms with Crippen molar-refractivity contribution in [2.45, 2.75) is 38.8 Å². The predicted octanol–water partition coefficient (Wildman–Crippen LogP) is 3.40. The normalized spacial score (nSPS) is 15.1. The molecule has 0 bridgehead atoms. The molecule has 1 N–H and O–H groups in total. The first-order valence-corrected chi connectivity index (χ1v) is 9.52. The molecular weight excluding hydrogens is 340 g/mol. The van der Waals surface area contributed by atoms with Crippen molar-refractivity contribution in [1.29, 1.82) is 0 Å². The van der Waals surface area contributed by atoms with E-state index >= 15 is 0 Å². The molecule has 3 rings (SSSR count). The fourth-order valence-corrected chi connectivity index (χ4v) is 3.24. The van der Waals surface area contributed by atoms with Crippen LogP contribution in [0.1, 0.15) is 42.1 Å². The van der Waals surface area contributed by atoms with Gasteiger partial charge in [0.2, 0.25) is 0 Å². The molecule has 2 aromatic rings. The maximum absolute atomic E-state index is 12.6. The van der Waals surface area contributed by atoms with Gasteiger partial charge in [-0.05, 0) is 43.9 Å². The molecule has 0 aliphatic carbocycles. The number of piperidine rings is 1. The molecule has 5 nitrogen and oxygen atoms in total. The van der Waals surface area contributed by atoms with Crippen molar-refractivity contribution in [2.75, 3.05) is 13.1 Å². The van der Waals surface area contributed by atoms with Gasteiger partial charge < -0.3 is 15.0 Å². The summed E-state index contributed by atoms with van der Waals surface area (Å²) in [5.41, 5.74) is 1.46. The van der Waals surface area contributed by atoms with Gasteiger partial charge in [0.15, 0.2) is 6.10 Å². The number of para-hydroxylation sites is 1. The van der Waals surface area contributed by atoms with Crippen LogP contribution >= 0.6 is 0 Å². The van der Waals surface area contributed by atoms with Crippen molar-refractivity contribution in [1.82, 2.24) is 10.2 Å². The van der Waals surface area contributed by atoms with Gasteiger partial charge in [-0.2, -0.15) is 0 Å². The van der Waals surface area contributed by atoms with E-state index in [2.05, 4.69) is 5.32 Å². The number of nitrogens with zero attached hydrogens (tertiary/aromatic N) is 1. The van der Waals surface area contributed by atoms with Crippen molar-refractivity contribution >= 4 is 11.8 Å². The Hall–Kier alpha value is -2.82. The second kappa shape index (κ2) is 9.21. The van der Waals surface area contributed by atoms with E-state index in [4.69, 9.17) is 4.74 Å². The molecule has 2 amide bonds. The van der Waals surface area contributed by atoms with Crippen LogP contribution in [0.4, 0.5) is 0 Å². The first kappa shape index (κ1) is 19.0. The van der Waals surface area contributed by atoms with Gasteiger partial charge >= 0.3 is 0 Å². The van der Waals surface area contributed by atoms with Gasteiger partial charge in [-0.15, -0.1) is 0 Å². The summed E-state index contributed by atoms with van der Waals surface area (Å²) in [6.07, 6.45) is 2.63. The fraction of sp³-hybridized carbons (Fsp3) is 0.364. The number of benzene rings is 2. The second-order valence-corrected chi connectivity index (χ2v) is 6.81. The summed E-state index contributed by atoms with van der Waals surface area (Å²) >= 11 is 0. The van der Waals surface area contributed by atoms with Crippen LogP contribution in [0.25, 0.3) is 0 Å². The topological polar surface area (TPSA) is 58.6 Å². The standard InChI is InChI=1S/C22H26N2O3/c1-17(22(26)24-14-8-3-9-15-24)27-20-13-7-6-12-19(20)21(25)23-16-18-10-4-2-5-11-18/h2,4-7,10-13,17H,3,8-9,14-16H2,1H3,(H,23,25)/t17-/m1/s1. The van der Waals surface area contributed by atoms with Crippen molar-refractivity contribution in [3.05, 3.63) is 65.7 Å². The molecule has 1 heterocycles. The highest BCUT2D eigenvalue weighted by atomic mass is 16.5. The second-order valence-electron chi connectivity index (χ2n) is 6.81. The first-order valence-electron chi connectivity index (χ1n) is 9.52. The van der Waals surface area contributed by atoms with Crippen molar-refractivity contribution in [3.63, 3.8) is 0 Å². The summed E-state index contributed by atoms with van der Waals surface area (Å²) in [5, 5.41) is 2.91. The van der Waals surface area contributed by atoms with Crippen LogP contribution in [0, 0.1) is 0 Å². The van der Waals surface area contributed by atoms with Gasteiger partial charge in [-0.3, -0.25) is 9.59 Å². The average Bonchev–Trinajstić information content (AvgIpc) is 2.73. The van der Waals surface area contributed by atoms with E-state index in [-0.39, 0.29) is 11.8 Å². The zero-order valence-electron chi connectivity index (χ0n) is 15.7. The van der Waals surface area contributed by atoms with Crippen LogP contribution in [0.15, 0.2) is 54.6 Å². The number of nitrogens with one attached hydrogen (secondary N) is 1. The quantitative estimate of drug-likeness (QED) is 0.852. The molecule has 0 radical (unpaired) electrons. The third-order valence-corrected chi connectivity index (χ3v) is 4.75. The van der Waals surface area contributed by atoms with Crippen LogP contribution in [0.5, 0.6) is 5.75 Å². The third-order valence-electron chi connectivity index (χ3n) is 4.75. The fourth-order valence-electron chi connectivity index (χ4n) is 3.24. The summed E-state index contributed by atoms with van der Waals surface area (Å²) in [4.78, 5) is 27.1. The first-order chi connectivity index (χ1) is 13.1. The molecule has 1 aliphatic rings. The van der Waals surface area contributed by atoms with Crippen molar-refractivity contribution in [2.24, 2.45) is 0 Å². The third kappa shape index (κ3) is 5.09. The number of amides is 2. The van der Waals surface area contributed by atoms with Gasteiger partial charge in [0.25, 0.3) is 11.8 Å². The minimum atomic E-state index is -0.619. The monoisotopic (exact) mass is 366 g/mol. The van der Waals surface area contributed by atoms with Gasteiger partial charge in [-0.1, -0.05) is 42.5 Å². The summed E-state index contributed by atoms with van der Waals surface area (Å²) in [5.74, 6) is 0.196. The highest BCUT2D eigenvalue weighted by molar-refractivity contribution is 5.97. The Morgan fingerprint density at radius 2 is 1.67 bits per heavy atom. The maximum Gasteiger partial charge on any atom is 0.263 e. The van der Waals surface area contributed by atoms with Crippen molar-refractivity contribution < 1.29 is 14.3 Å². The molecule has 0 saturated carbocycles. The molecule has 142 valence electrons. The molecule has 1 saturated heterocycles. The Bertz CT molecular complexity index is 770. The lowest BCUT2D eigenvalue weighted by molar-refractivity contribution is -0.138. The van der Waals surface area contributed by atoms with Crippen LogP contribution in [-0.4, -0.2) is 35.9 Å². The highest BCUT2D eigenvalue weighted by Crippen LogP contribution is 2.21. The predicted molar refractivity (Wildman–Crippen MR) is 105 cm³/mol. The van der Waals surface area contributed by atoms with Crippen LogP contribution in [0.2, 0.25) is 0 Å². The Morgan fingerprint density at radius 3 is 2.41 bits per heavy atom. The Kier molecular flexibility index (Phi) is 6.47. The van der Waals surface area contributed by atoms with Crippen molar-refractivity contribution in [3.8, 4) is 5.75 Å². The van der Waals surface area contributed by atoms with E-state index in [1.807, 2.05) is 35.2 Å². The maximum atomic E-state index is 12.6. The molecule has 0 aromatic heterocycles. The minimum Gasteiger partial charge on any atom is -0.480 e. The summed E-state index contributed by atoms with van der Waals surface area (Å²) in [6, 6.07) is 16.8. The SMILES string of the molecule is C[C@@H](Oc1ccccc1C(=O)NCc1ccccc1)C(=O)N1CCCCC1. The highest BCUT2D eigenvalue weighted by Gasteiger charge is 2.24. The lowest BCUT2D eigenvalue weighted by Gasteiger charge is -2.29. The zero-order valence-corrected chi connectivity index (χ0v) is 15.7. The lowest BCUT2D eigenvalue weighted by Crippen LogP contribution is -2.43. The van der Waals surface area contributed by atoms with Gasteiger partial charge in [0, 0.05) is 19.6 Å². The minimum absolute atomic E-state index is 0.0193. The van der Waals surface area contributed by atoms with E-state index in [9.17, 15) is 9.59 Å². The number of carbonyl (C=O) groups excluding carboxylic acids is 2. The number of carbonyl (C=O) groups is 2. The molecule has 1 fully saturated rings. The summed E-state index contributed by atoms with van der Waals surface area (Å²) in [7, 11) is 0. The van der Waals surface area contributed by atoms with Crippen LogP contribution in [0.3, 0.4) is 0 Å². The lowest BCUT2D eigenvalue weighted by atomic mass is 10.1. The molecule has 1 aliphatic heterocycles. The Labute approximate surface area is 160 Å². The molecule has 5 heteroatoms. The molecule has 27 heavy (non-hydrogen) atoms. The molecular formula is C22H26N2O3. The van der Waals surface area contributed by atoms with E-state index in [0.717, 1.165) is 31.5 Å². The van der Waals surface area contributed by atoms with Crippen LogP contribution in [-0.2, 0) is 11.3 Å². The Morgan fingerprint density at radius 1 is 1.00 bits per heavy atom. The number of rotatable bonds is 6. The molecule has 2 aromatic carbocycles. The zero-order chi connectivity index (χ0) is 19.1.